The molecule has 0 aromatic heterocycles. The van der Waals surface area contributed by atoms with Gasteiger partial charge >= 0.3 is 0 Å². The molecule has 0 radical (unpaired) electrons. The molecule has 1 atom stereocenters. The maximum Gasteiger partial charge on any atom is 0.205 e. The van der Waals surface area contributed by atoms with E-state index in [9.17, 15) is 0 Å². The summed E-state index contributed by atoms with van der Waals surface area (Å²) in [6, 6.07) is 0. The molecule has 1 unspecified atom stereocenters. The summed E-state index contributed by atoms with van der Waals surface area (Å²) in [6.45, 7) is 11.7. The van der Waals surface area contributed by atoms with Gasteiger partial charge in [-0.1, -0.05) is 6.92 Å². The zero-order valence-corrected chi connectivity index (χ0v) is 6.30. The van der Waals surface area contributed by atoms with Crippen LogP contribution >= 0.6 is 0 Å². The van der Waals surface area contributed by atoms with Gasteiger partial charge in [0.25, 0.3) is 0 Å². The van der Waals surface area contributed by atoms with E-state index in [-0.39, 0.29) is 0 Å². The zero-order valence-electron chi connectivity index (χ0n) is 6.30. The standard InChI is InChI=1S/C7H15N2/c1-4-9-6-5-8(3)7(9)2/h7H,3-6H2,1-2H3/q+1. The Morgan fingerprint density at radius 3 is 2.67 bits per heavy atom. The lowest BCUT2D eigenvalue weighted by Gasteiger charge is -2.11. The molecule has 2 nitrogen and oxygen atoms in total. The number of hydrogen-bond donors (Lipinski definition) is 0. The summed E-state index contributed by atoms with van der Waals surface area (Å²) in [6.07, 6.45) is 0.551. The van der Waals surface area contributed by atoms with Crippen LogP contribution in [0.5, 0.6) is 0 Å². The van der Waals surface area contributed by atoms with Crippen LogP contribution in [0.15, 0.2) is 0 Å². The van der Waals surface area contributed by atoms with Gasteiger partial charge in [-0.15, -0.1) is 0 Å². The highest BCUT2D eigenvalue weighted by atomic mass is 15.3. The first kappa shape index (κ1) is 6.75. The Morgan fingerprint density at radius 2 is 2.44 bits per heavy atom. The summed E-state index contributed by atoms with van der Waals surface area (Å²) >= 11 is 0. The third-order valence-corrected chi connectivity index (χ3v) is 2.14. The molecule has 0 aromatic carbocycles. The minimum absolute atomic E-state index is 0.551. The van der Waals surface area contributed by atoms with Crippen LogP contribution in [0.1, 0.15) is 13.8 Å². The quantitative estimate of drug-likeness (QED) is 0.462. The molecule has 1 aliphatic heterocycles. The monoisotopic (exact) mass is 127 g/mol. The van der Waals surface area contributed by atoms with Crippen LogP contribution < -0.4 is 0 Å². The Hall–Kier alpha value is -0.370. The second-order valence-corrected chi connectivity index (χ2v) is 2.57. The van der Waals surface area contributed by atoms with E-state index >= 15 is 0 Å². The van der Waals surface area contributed by atoms with E-state index < -0.39 is 0 Å². The lowest BCUT2D eigenvalue weighted by molar-refractivity contribution is -0.544. The van der Waals surface area contributed by atoms with Crippen LogP contribution in [0.2, 0.25) is 0 Å². The molecule has 9 heavy (non-hydrogen) atoms. The van der Waals surface area contributed by atoms with E-state index in [2.05, 4.69) is 30.0 Å². The van der Waals surface area contributed by atoms with Crippen molar-refractivity contribution >= 4 is 6.72 Å². The van der Waals surface area contributed by atoms with Crippen molar-refractivity contribution in [2.45, 2.75) is 20.0 Å². The van der Waals surface area contributed by atoms with E-state index in [0.717, 1.165) is 13.1 Å². The van der Waals surface area contributed by atoms with Crippen molar-refractivity contribution in [3.05, 3.63) is 0 Å². The SMILES string of the molecule is C=[N+]1CCN(CC)C1C. The molecule has 1 saturated heterocycles. The van der Waals surface area contributed by atoms with Gasteiger partial charge in [-0.25, -0.2) is 9.48 Å². The molecule has 1 fully saturated rings. The lowest BCUT2D eigenvalue weighted by Crippen LogP contribution is -2.30. The van der Waals surface area contributed by atoms with Crippen molar-refractivity contribution in [2.24, 2.45) is 0 Å². The molecule has 0 N–H and O–H groups in total. The van der Waals surface area contributed by atoms with Gasteiger partial charge in [-0.2, -0.15) is 0 Å². The summed E-state index contributed by atoms with van der Waals surface area (Å²) in [5.41, 5.74) is 0. The molecule has 52 valence electrons. The third kappa shape index (κ3) is 1.13. The molecular weight excluding hydrogens is 112 g/mol. The molecule has 1 rings (SSSR count). The van der Waals surface area contributed by atoms with Crippen LogP contribution in [0, 0.1) is 0 Å². The molecule has 0 amide bonds. The fraction of sp³-hybridized carbons (Fsp3) is 0.857. The summed E-state index contributed by atoms with van der Waals surface area (Å²) in [5.74, 6) is 0. The Bertz CT molecular complexity index is 120. The Kier molecular flexibility index (Phi) is 1.86. The van der Waals surface area contributed by atoms with Gasteiger partial charge < -0.3 is 0 Å². The second-order valence-electron chi connectivity index (χ2n) is 2.57. The second kappa shape index (κ2) is 2.48. The summed E-state index contributed by atoms with van der Waals surface area (Å²) in [4.78, 5) is 2.41. The minimum Gasteiger partial charge on any atom is -0.240 e. The molecule has 0 aliphatic carbocycles. The van der Waals surface area contributed by atoms with Crippen molar-refractivity contribution in [3.63, 3.8) is 0 Å². The van der Waals surface area contributed by atoms with Crippen LogP contribution in [0.4, 0.5) is 0 Å². The molecule has 0 saturated carbocycles. The Labute approximate surface area is 56.8 Å². The largest absolute Gasteiger partial charge is 0.240 e. The molecule has 1 aliphatic rings. The molecular formula is C7H15N2+. The van der Waals surface area contributed by atoms with Gasteiger partial charge in [0.1, 0.15) is 6.72 Å². The highest BCUT2D eigenvalue weighted by Crippen LogP contribution is 2.05. The highest BCUT2D eigenvalue weighted by Gasteiger charge is 2.27. The lowest BCUT2D eigenvalue weighted by atomic mass is 10.5. The average Bonchev–Trinajstić information content (AvgIpc) is 2.15. The van der Waals surface area contributed by atoms with E-state index in [1.165, 1.54) is 6.54 Å². The average molecular weight is 127 g/mol. The van der Waals surface area contributed by atoms with Crippen molar-refractivity contribution in [2.75, 3.05) is 19.6 Å². The molecule has 0 spiro atoms. The van der Waals surface area contributed by atoms with Gasteiger partial charge in [0.05, 0.1) is 6.54 Å². The summed E-state index contributed by atoms with van der Waals surface area (Å²) < 4.78 is 2.13. The Balaban J connectivity index is 2.51. The maximum atomic E-state index is 3.91. The van der Waals surface area contributed by atoms with E-state index in [4.69, 9.17) is 0 Å². The van der Waals surface area contributed by atoms with Crippen LogP contribution in [-0.2, 0) is 0 Å². The number of nitrogens with zero attached hydrogens (tertiary/aromatic N) is 2. The smallest absolute Gasteiger partial charge is 0.205 e. The van der Waals surface area contributed by atoms with E-state index in [1.807, 2.05) is 0 Å². The molecule has 0 bridgehead atoms. The fourth-order valence-electron chi connectivity index (χ4n) is 1.28. The molecule has 2 heteroatoms. The van der Waals surface area contributed by atoms with Crippen LogP contribution in [-0.4, -0.2) is 42.0 Å². The van der Waals surface area contributed by atoms with Crippen LogP contribution in [0.3, 0.4) is 0 Å². The molecule has 0 aromatic rings. The van der Waals surface area contributed by atoms with E-state index in [0.29, 0.717) is 6.17 Å². The van der Waals surface area contributed by atoms with Crippen LogP contribution in [0.25, 0.3) is 0 Å². The first-order chi connectivity index (χ1) is 4.25. The number of hydrogen-bond acceptors (Lipinski definition) is 1. The third-order valence-electron chi connectivity index (χ3n) is 2.14. The zero-order chi connectivity index (χ0) is 6.85. The predicted octanol–water partition coefficient (Wildman–Crippen LogP) is 0.381. The van der Waals surface area contributed by atoms with E-state index in [1.54, 1.807) is 0 Å². The molecule has 1 heterocycles. The maximum absolute atomic E-state index is 3.91. The number of rotatable bonds is 1. The van der Waals surface area contributed by atoms with Gasteiger partial charge in [-0.3, -0.25) is 0 Å². The topological polar surface area (TPSA) is 6.25 Å². The predicted molar refractivity (Wildman–Crippen MR) is 39.0 cm³/mol. The van der Waals surface area contributed by atoms with Gasteiger partial charge in [-0.05, 0) is 0 Å². The minimum atomic E-state index is 0.551. The van der Waals surface area contributed by atoms with Crippen molar-refractivity contribution in [3.8, 4) is 0 Å². The summed E-state index contributed by atoms with van der Waals surface area (Å²) in [7, 11) is 0. The Morgan fingerprint density at radius 1 is 1.78 bits per heavy atom. The van der Waals surface area contributed by atoms with Crippen molar-refractivity contribution < 1.29 is 4.58 Å². The summed E-state index contributed by atoms with van der Waals surface area (Å²) in [5, 5.41) is 0. The highest BCUT2D eigenvalue weighted by molar-refractivity contribution is 5.15. The number of likely N-dealkylation sites (N-methyl/N-ethyl adjacent to an activating group) is 1. The van der Waals surface area contributed by atoms with Gasteiger partial charge in [0, 0.05) is 13.5 Å². The fourth-order valence-corrected chi connectivity index (χ4v) is 1.28. The first-order valence-electron chi connectivity index (χ1n) is 3.57. The van der Waals surface area contributed by atoms with Gasteiger partial charge in [0.2, 0.25) is 6.17 Å². The van der Waals surface area contributed by atoms with Crippen molar-refractivity contribution in [1.29, 1.82) is 0 Å². The van der Waals surface area contributed by atoms with Crippen molar-refractivity contribution in [1.82, 2.24) is 4.90 Å². The van der Waals surface area contributed by atoms with Gasteiger partial charge in [0.15, 0.2) is 6.54 Å². The normalized spacial score (nSPS) is 29.6. The first-order valence-corrected chi connectivity index (χ1v) is 3.57.